The van der Waals surface area contributed by atoms with Gasteiger partial charge in [-0.1, -0.05) is 72.8 Å². The van der Waals surface area contributed by atoms with E-state index in [1.165, 1.54) is 88.4 Å². The van der Waals surface area contributed by atoms with E-state index in [0.29, 0.717) is 137 Å². The van der Waals surface area contributed by atoms with Crippen LogP contribution in [0, 0.1) is 22.7 Å². The summed E-state index contributed by atoms with van der Waals surface area (Å²) >= 11 is 0. The normalized spacial score (nSPS) is 20.8. The molecule has 12 amide bonds. The van der Waals surface area contributed by atoms with Crippen molar-refractivity contribution in [3.63, 3.8) is 0 Å². The van der Waals surface area contributed by atoms with Crippen LogP contribution in [0.1, 0.15) is 170 Å². The third-order valence-electron chi connectivity index (χ3n) is 28.3. The number of benzene rings is 8. The molecule has 8 aromatic rings. The maximum Gasteiger partial charge on any atom is 0.329 e. The van der Waals surface area contributed by atoms with Crippen molar-refractivity contribution in [1.29, 1.82) is 10.5 Å². The lowest BCUT2D eigenvalue weighted by Crippen LogP contribution is -2.55. The Morgan fingerprint density at radius 3 is 0.831 bits per heavy atom. The maximum absolute atomic E-state index is 13.3. The van der Waals surface area contributed by atoms with Crippen molar-refractivity contribution >= 4 is 78.8 Å². The van der Waals surface area contributed by atoms with Crippen LogP contribution in [0.3, 0.4) is 0 Å². The van der Waals surface area contributed by atoms with E-state index < -0.39 is 66.0 Å². The zero-order chi connectivity index (χ0) is 91.3. The Hall–Kier alpha value is -12.6. The summed E-state index contributed by atoms with van der Waals surface area (Å²) in [5.41, 5.74) is 9.73. The third kappa shape index (κ3) is 17.8. The lowest BCUT2D eigenvalue weighted by Gasteiger charge is -2.40. The molecule has 0 bridgehead atoms. The monoisotopic (exact) mass is 1800 g/mol. The lowest BCUT2D eigenvalue weighted by atomic mass is 9.86. The molecule has 32 heteroatoms. The Bertz CT molecular complexity index is 5740. The van der Waals surface area contributed by atoms with Gasteiger partial charge in [-0.2, -0.15) is 10.5 Å². The number of ether oxygens (including phenoxy) is 4. The molecule has 130 heavy (non-hydrogen) atoms. The molecule has 4 spiro atoms. The molecule has 0 radical (unpaired) electrons. The Kier molecular flexibility index (Phi) is 24.8. The van der Waals surface area contributed by atoms with Gasteiger partial charge >= 0.3 is 24.1 Å². The van der Waals surface area contributed by atoms with E-state index in [1.807, 2.05) is 12.1 Å². The number of urea groups is 4. The predicted molar refractivity (Wildman–Crippen MR) is 482 cm³/mol. The number of imide groups is 4. The number of nitriles is 2. The molecule has 676 valence electrons. The second-order valence-corrected chi connectivity index (χ2v) is 40.0. The summed E-state index contributed by atoms with van der Waals surface area (Å²) in [6.07, 6.45) is 10.6. The second kappa shape index (κ2) is 36.1. The first-order valence-electron chi connectivity index (χ1n) is 44.5. The molecule has 8 aromatic carbocycles. The number of carbonyl (C=O) groups is 8. The standard InChI is InChI=1S/2C25H29N3O5S.2C24H24N4O3/c2*1-17(20-6-5-19-9-14-33-22(19)15-20)27-12-10-25(11-13-27)23(29)28(24(30)26-25)16-18-3-7-21(8-4-18)34(2,31)32;2*1-16(19-5-4-18-8-13-31-21(18)14-19)27-11-9-24(10-12-27)22(29)28(23(30)26-24)20-6-2-17(15-25)3-7-20/h2*3-8,15,17H,9-14,16H2,1-2H3,(H,26,30);2*2-7,14,16H,8-13H2,1H3,(H,26,30)/t2*17-;2*16-/m1010/s1. The molecule has 12 heterocycles. The van der Waals surface area contributed by atoms with Crippen LogP contribution in [0.4, 0.5) is 30.6 Å². The van der Waals surface area contributed by atoms with Gasteiger partial charge in [-0.25, -0.2) is 45.8 Å². The minimum Gasteiger partial charge on any atom is -0.493 e. The molecule has 12 aliphatic heterocycles. The van der Waals surface area contributed by atoms with Crippen molar-refractivity contribution in [2.24, 2.45) is 0 Å². The molecule has 0 aliphatic carbocycles. The van der Waals surface area contributed by atoms with Gasteiger partial charge in [0.2, 0.25) is 0 Å². The van der Waals surface area contributed by atoms with Crippen LogP contribution in [0.2, 0.25) is 0 Å². The van der Waals surface area contributed by atoms with Gasteiger partial charge in [0, 0.05) is 115 Å². The van der Waals surface area contributed by atoms with Crippen LogP contribution in [0.15, 0.2) is 180 Å². The number of sulfone groups is 2. The third-order valence-corrected chi connectivity index (χ3v) is 30.6. The fourth-order valence-corrected chi connectivity index (χ4v) is 21.2. The molecule has 0 unspecified atom stereocenters. The fraction of sp³-hybridized carbons (Fsp3) is 0.408. The number of rotatable bonds is 16. The number of anilines is 2. The van der Waals surface area contributed by atoms with Gasteiger partial charge in [-0.15, -0.1) is 0 Å². The van der Waals surface area contributed by atoms with Gasteiger partial charge in [-0.05, 0) is 232 Å². The quantitative estimate of drug-likeness (QED) is 0.0653. The van der Waals surface area contributed by atoms with E-state index in [9.17, 15) is 55.2 Å². The van der Waals surface area contributed by atoms with E-state index in [4.69, 9.17) is 29.5 Å². The highest BCUT2D eigenvalue weighted by atomic mass is 32.2. The Morgan fingerprint density at radius 1 is 0.338 bits per heavy atom. The number of nitrogens with one attached hydrogen (secondary N) is 4. The van der Waals surface area contributed by atoms with Crippen molar-refractivity contribution in [2.45, 2.75) is 174 Å². The zero-order valence-corrected chi connectivity index (χ0v) is 75.3. The molecule has 8 fully saturated rings. The van der Waals surface area contributed by atoms with Gasteiger partial charge in [0.1, 0.15) is 45.2 Å². The smallest absolute Gasteiger partial charge is 0.329 e. The van der Waals surface area contributed by atoms with Gasteiger partial charge in [0.15, 0.2) is 19.7 Å². The number of nitrogens with zero attached hydrogens (tertiary/aromatic N) is 10. The van der Waals surface area contributed by atoms with Crippen LogP contribution in [-0.4, -0.2) is 207 Å². The number of carbonyl (C=O) groups excluding carboxylic acids is 8. The molecular weight excluding hydrogens is 1690 g/mol. The minimum atomic E-state index is -3.30. The molecule has 12 aliphatic rings. The number of fused-ring (bicyclic) bond motifs is 4. The summed E-state index contributed by atoms with van der Waals surface area (Å²) in [7, 11) is -6.60. The minimum absolute atomic E-state index is 0.117. The van der Waals surface area contributed by atoms with Gasteiger partial charge in [0.05, 0.1) is 83.9 Å². The van der Waals surface area contributed by atoms with E-state index >= 15 is 0 Å². The van der Waals surface area contributed by atoms with Crippen LogP contribution in [-0.2, 0) is 77.6 Å². The van der Waals surface area contributed by atoms with Gasteiger partial charge in [0.25, 0.3) is 23.6 Å². The van der Waals surface area contributed by atoms with E-state index in [2.05, 4.69) is 141 Å². The fourth-order valence-electron chi connectivity index (χ4n) is 19.9. The summed E-state index contributed by atoms with van der Waals surface area (Å²) < 4.78 is 69.5. The van der Waals surface area contributed by atoms with Crippen LogP contribution in [0.5, 0.6) is 23.0 Å². The highest BCUT2D eigenvalue weighted by molar-refractivity contribution is 7.91. The molecule has 0 saturated carbocycles. The topological polar surface area (TPSA) is 363 Å². The molecule has 20 rings (SSSR count). The summed E-state index contributed by atoms with van der Waals surface area (Å²) in [4.78, 5) is 119. The largest absolute Gasteiger partial charge is 0.493 e. The summed E-state index contributed by atoms with van der Waals surface area (Å²) in [6, 6.07) is 54.6. The summed E-state index contributed by atoms with van der Waals surface area (Å²) in [6.45, 7) is 17.5. The zero-order valence-electron chi connectivity index (χ0n) is 73.7. The number of hydrogen-bond acceptors (Lipinski definition) is 22. The summed E-state index contributed by atoms with van der Waals surface area (Å²) in [5.74, 6) is 3.07. The van der Waals surface area contributed by atoms with Crippen LogP contribution in [0.25, 0.3) is 0 Å². The number of hydrogen-bond donors (Lipinski definition) is 4. The van der Waals surface area contributed by atoms with Crippen molar-refractivity contribution in [3.05, 3.63) is 237 Å². The second-order valence-electron chi connectivity index (χ2n) is 36.0. The average Bonchev–Trinajstić information content (AvgIpc) is 1.61. The lowest BCUT2D eigenvalue weighted by molar-refractivity contribution is -0.134. The molecule has 4 N–H and O–H groups in total. The predicted octanol–water partition coefficient (Wildman–Crippen LogP) is 11.6. The van der Waals surface area contributed by atoms with E-state index in [0.717, 1.165) is 87.6 Å². The molecule has 30 nitrogen and oxygen atoms in total. The Labute approximate surface area is 756 Å². The van der Waals surface area contributed by atoms with Crippen LogP contribution < -0.4 is 50.0 Å². The highest BCUT2D eigenvalue weighted by Crippen LogP contribution is 2.43. The first kappa shape index (κ1) is 89.4. The first-order valence-corrected chi connectivity index (χ1v) is 48.3. The SMILES string of the molecule is C[C@@H](c1ccc2c(c1)OCC2)N1CCC2(CC1)NC(=O)N(Cc1ccc(S(C)(=O)=O)cc1)C2=O.C[C@@H](c1ccc2c(c1)OCC2)N1CCC2(CC1)NC(=O)N(c1ccc(C#N)cc1)C2=O.C[C@H](c1ccc2c(c1)OCC2)N1CCC2(CC1)NC(=O)N(Cc1ccc(S(C)(=O)=O)cc1)C2=O.C[C@H](c1ccc2c(c1)OCC2)N1CCC2(CC1)NC(=O)N(c1ccc(C#N)cc1)C2=O. The van der Waals surface area contributed by atoms with E-state index in [1.54, 1.807) is 72.8 Å². The van der Waals surface area contributed by atoms with Gasteiger partial charge < -0.3 is 40.2 Å². The molecule has 8 saturated heterocycles. The number of piperidine rings is 4. The van der Waals surface area contributed by atoms with Crippen molar-refractivity contribution in [2.75, 3.05) is 101 Å². The van der Waals surface area contributed by atoms with Crippen molar-refractivity contribution in [1.82, 2.24) is 50.7 Å². The van der Waals surface area contributed by atoms with Crippen molar-refractivity contribution in [3.8, 4) is 35.1 Å². The molecular formula is C98H106N14O16S2. The van der Waals surface area contributed by atoms with Crippen molar-refractivity contribution < 1.29 is 74.1 Å². The first-order chi connectivity index (χ1) is 62.3. The highest BCUT2D eigenvalue weighted by Gasteiger charge is 2.57. The van der Waals surface area contributed by atoms with Crippen LogP contribution >= 0.6 is 0 Å². The molecule has 4 atom stereocenters. The average molecular weight is 1800 g/mol. The Balaban J connectivity index is 0.000000122. The maximum atomic E-state index is 13.3. The Morgan fingerprint density at radius 2 is 0.585 bits per heavy atom. The van der Waals surface area contributed by atoms with Gasteiger partial charge in [-0.3, -0.25) is 48.6 Å². The molecule has 0 aromatic heterocycles. The van der Waals surface area contributed by atoms with E-state index in [-0.39, 0.29) is 70.7 Å². The summed E-state index contributed by atoms with van der Waals surface area (Å²) in [5, 5.41) is 29.8. The number of likely N-dealkylation sites (tertiary alicyclic amines) is 4. The number of amides is 12.